The average molecular weight is 269 g/mol. The third-order valence-corrected chi connectivity index (χ3v) is 4.98. The van der Waals surface area contributed by atoms with E-state index in [1.165, 1.54) is 0 Å². The van der Waals surface area contributed by atoms with E-state index < -0.39 is 0 Å². The van der Waals surface area contributed by atoms with Gasteiger partial charge in [-0.2, -0.15) is 5.26 Å². The van der Waals surface area contributed by atoms with Gasteiger partial charge in [0.15, 0.2) is 0 Å². The van der Waals surface area contributed by atoms with Crippen LogP contribution in [0.3, 0.4) is 0 Å². The molecule has 4 heteroatoms. The van der Waals surface area contributed by atoms with Crippen molar-refractivity contribution in [2.75, 3.05) is 11.9 Å². The van der Waals surface area contributed by atoms with Crippen molar-refractivity contribution >= 4 is 11.6 Å². The number of amides is 1. The molecule has 2 fully saturated rings. The standard InChI is InChI=1S/C16H19N3O/c1-19(13-5-3-2-4-12(13)9-17)16(20)14-10-6-7-11(8-10)15(14)18/h2-5,10-11,14-15H,6-8,18H2,1H3. The van der Waals surface area contributed by atoms with E-state index in [0.29, 0.717) is 23.1 Å². The number of carbonyl (C=O) groups excluding carboxylic acids is 1. The minimum absolute atomic E-state index is 0.0158. The van der Waals surface area contributed by atoms with Gasteiger partial charge in [0, 0.05) is 13.1 Å². The molecule has 4 nitrogen and oxygen atoms in total. The Morgan fingerprint density at radius 2 is 2.05 bits per heavy atom. The van der Waals surface area contributed by atoms with Gasteiger partial charge in [-0.3, -0.25) is 4.79 Å². The van der Waals surface area contributed by atoms with Crippen LogP contribution >= 0.6 is 0 Å². The molecule has 20 heavy (non-hydrogen) atoms. The van der Waals surface area contributed by atoms with E-state index in [9.17, 15) is 4.79 Å². The maximum Gasteiger partial charge on any atom is 0.231 e. The number of hydrogen-bond donors (Lipinski definition) is 1. The van der Waals surface area contributed by atoms with E-state index in [1.54, 1.807) is 18.0 Å². The van der Waals surface area contributed by atoms with E-state index in [1.807, 2.05) is 18.2 Å². The summed E-state index contributed by atoms with van der Waals surface area (Å²) in [6.07, 6.45) is 3.36. The highest BCUT2D eigenvalue weighted by atomic mass is 16.2. The molecule has 2 saturated carbocycles. The predicted molar refractivity (Wildman–Crippen MR) is 76.9 cm³/mol. The van der Waals surface area contributed by atoms with Gasteiger partial charge in [0.2, 0.25) is 5.91 Å². The van der Waals surface area contributed by atoms with Gasteiger partial charge in [-0.25, -0.2) is 0 Å². The van der Waals surface area contributed by atoms with Gasteiger partial charge < -0.3 is 10.6 Å². The smallest absolute Gasteiger partial charge is 0.231 e. The fourth-order valence-electron chi connectivity index (χ4n) is 3.91. The Morgan fingerprint density at radius 1 is 1.35 bits per heavy atom. The first-order chi connectivity index (χ1) is 9.63. The van der Waals surface area contributed by atoms with Gasteiger partial charge in [0.1, 0.15) is 6.07 Å². The number of nitrogens with two attached hydrogens (primary N) is 1. The van der Waals surface area contributed by atoms with Gasteiger partial charge in [0.25, 0.3) is 0 Å². The summed E-state index contributed by atoms with van der Waals surface area (Å²) in [4.78, 5) is 14.4. The Bertz CT molecular complexity index is 575. The van der Waals surface area contributed by atoms with Gasteiger partial charge in [0.05, 0.1) is 17.2 Å². The maximum absolute atomic E-state index is 12.8. The number of hydrogen-bond acceptors (Lipinski definition) is 3. The van der Waals surface area contributed by atoms with Gasteiger partial charge in [-0.15, -0.1) is 0 Å². The molecular formula is C16H19N3O. The fourth-order valence-corrected chi connectivity index (χ4v) is 3.91. The van der Waals surface area contributed by atoms with Crippen LogP contribution < -0.4 is 10.6 Å². The fraction of sp³-hybridized carbons (Fsp3) is 0.500. The minimum Gasteiger partial charge on any atom is -0.327 e. The Balaban J connectivity index is 1.86. The zero-order valence-electron chi connectivity index (χ0n) is 11.6. The minimum atomic E-state index is -0.0782. The van der Waals surface area contributed by atoms with Crippen LogP contribution in [0.4, 0.5) is 5.69 Å². The zero-order chi connectivity index (χ0) is 14.3. The Labute approximate surface area is 119 Å². The Hall–Kier alpha value is -1.86. The summed E-state index contributed by atoms with van der Waals surface area (Å²) >= 11 is 0. The van der Waals surface area contributed by atoms with Crippen molar-refractivity contribution in [3.8, 4) is 6.07 Å². The second-order valence-electron chi connectivity index (χ2n) is 5.96. The lowest BCUT2D eigenvalue weighted by Gasteiger charge is -2.31. The lowest BCUT2D eigenvalue weighted by atomic mass is 9.84. The molecule has 3 rings (SSSR count). The van der Waals surface area contributed by atoms with Crippen molar-refractivity contribution < 1.29 is 4.79 Å². The van der Waals surface area contributed by atoms with Crippen LogP contribution in [0, 0.1) is 29.1 Å². The van der Waals surface area contributed by atoms with Crippen molar-refractivity contribution in [1.82, 2.24) is 0 Å². The normalized spacial score (nSPS) is 31.1. The van der Waals surface area contributed by atoms with Crippen LogP contribution in [0.25, 0.3) is 0 Å². The molecule has 104 valence electrons. The second-order valence-corrected chi connectivity index (χ2v) is 5.96. The van der Waals surface area contributed by atoms with E-state index in [0.717, 1.165) is 19.3 Å². The molecule has 2 aliphatic rings. The summed E-state index contributed by atoms with van der Waals surface area (Å²) in [5.41, 5.74) is 7.44. The number of para-hydroxylation sites is 1. The maximum atomic E-state index is 12.8. The summed E-state index contributed by atoms with van der Waals surface area (Å²) in [6.45, 7) is 0. The molecule has 0 aromatic heterocycles. The van der Waals surface area contributed by atoms with E-state index in [-0.39, 0.29) is 17.9 Å². The van der Waals surface area contributed by atoms with Crippen LogP contribution in [0.15, 0.2) is 24.3 Å². The highest BCUT2D eigenvalue weighted by molar-refractivity contribution is 5.96. The van der Waals surface area contributed by atoms with Gasteiger partial charge >= 0.3 is 0 Å². The van der Waals surface area contributed by atoms with Crippen molar-refractivity contribution in [1.29, 1.82) is 5.26 Å². The second kappa shape index (κ2) is 4.92. The number of anilines is 1. The Kier molecular flexibility index (Phi) is 3.23. The number of benzene rings is 1. The van der Waals surface area contributed by atoms with E-state index in [2.05, 4.69) is 6.07 Å². The SMILES string of the molecule is CN(C(=O)C1C2CCC(C2)C1N)c1ccccc1C#N. The topological polar surface area (TPSA) is 70.1 Å². The lowest BCUT2D eigenvalue weighted by molar-refractivity contribution is -0.124. The van der Waals surface area contributed by atoms with Crippen molar-refractivity contribution in [3.63, 3.8) is 0 Å². The van der Waals surface area contributed by atoms with Crippen molar-refractivity contribution in [2.24, 2.45) is 23.5 Å². The van der Waals surface area contributed by atoms with Crippen molar-refractivity contribution in [2.45, 2.75) is 25.3 Å². The number of fused-ring (bicyclic) bond motifs is 2. The molecule has 2 N–H and O–H groups in total. The molecule has 1 amide bonds. The largest absolute Gasteiger partial charge is 0.327 e. The summed E-state index contributed by atoms with van der Waals surface area (Å²) in [5, 5.41) is 9.16. The number of nitriles is 1. The third-order valence-electron chi connectivity index (χ3n) is 4.98. The van der Waals surface area contributed by atoms with Crippen molar-refractivity contribution in [3.05, 3.63) is 29.8 Å². The summed E-state index contributed by atoms with van der Waals surface area (Å²) in [7, 11) is 1.75. The number of rotatable bonds is 2. The highest BCUT2D eigenvalue weighted by Crippen LogP contribution is 2.48. The number of carbonyl (C=O) groups is 1. The molecule has 1 aromatic carbocycles. The van der Waals surface area contributed by atoms with Crippen LogP contribution in [-0.2, 0) is 4.79 Å². The quantitative estimate of drug-likeness (QED) is 0.891. The molecule has 0 aliphatic heterocycles. The molecule has 0 saturated heterocycles. The molecule has 0 heterocycles. The molecule has 0 radical (unpaired) electrons. The first-order valence-electron chi connectivity index (χ1n) is 7.15. The lowest BCUT2D eigenvalue weighted by Crippen LogP contribution is -2.46. The van der Waals surface area contributed by atoms with Crippen LogP contribution in [-0.4, -0.2) is 19.0 Å². The summed E-state index contributed by atoms with van der Waals surface area (Å²) < 4.78 is 0. The molecule has 4 atom stereocenters. The summed E-state index contributed by atoms with van der Waals surface area (Å²) in [6, 6.07) is 9.33. The van der Waals surface area contributed by atoms with Crippen LogP contribution in [0.1, 0.15) is 24.8 Å². The van der Waals surface area contributed by atoms with Gasteiger partial charge in [-0.05, 0) is 43.2 Å². The van der Waals surface area contributed by atoms with Gasteiger partial charge in [-0.1, -0.05) is 12.1 Å². The average Bonchev–Trinajstić information content (AvgIpc) is 3.06. The zero-order valence-corrected chi connectivity index (χ0v) is 11.6. The molecular weight excluding hydrogens is 250 g/mol. The molecule has 4 unspecified atom stereocenters. The predicted octanol–water partition coefficient (Wildman–Crippen LogP) is 1.89. The van der Waals surface area contributed by atoms with Crippen LogP contribution in [0.5, 0.6) is 0 Å². The first kappa shape index (κ1) is 13.1. The Morgan fingerprint density at radius 3 is 2.70 bits per heavy atom. The molecule has 0 spiro atoms. The molecule has 1 aromatic rings. The van der Waals surface area contributed by atoms with Crippen LogP contribution in [0.2, 0.25) is 0 Å². The first-order valence-corrected chi connectivity index (χ1v) is 7.15. The number of nitrogens with zero attached hydrogens (tertiary/aromatic N) is 2. The van der Waals surface area contributed by atoms with E-state index >= 15 is 0 Å². The summed E-state index contributed by atoms with van der Waals surface area (Å²) in [5.74, 6) is 0.922. The molecule has 2 bridgehead atoms. The molecule has 2 aliphatic carbocycles. The monoisotopic (exact) mass is 269 g/mol. The van der Waals surface area contributed by atoms with E-state index in [4.69, 9.17) is 11.0 Å². The third kappa shape index (κ3) is 1.90. The highest BCUT2D eigenvalue weighted by Gasteiger charge is 2.50.